The number of hydrogen-bond acceptors (Lipinski definition) is 9. The molecule has 1 N–H and O–H groups in total. The molecule has 2 amide bonds. The largest absolute Gasteiger partial charge is 0.493 e. The zero-order chi connectivity index (χ0) is 28.3. The summed E-state index contributed by atoms with van der Waals surface area (Å²) < 4.78 is 36.1. The van der Waals surface area contributed by atoms with Crippen LogP contribution in [0.25, 0.3) is 0 Å². The number of rotatable bonds is 10. The van der Waals surface area contributed by atoms with Crippen LogP contribution >= 0.6 is 12.6 Å². The number of carbonyl (C=O) groups is 2. The van der Waals surface area contributed by atoms with Crippen LogP contribution in [0.15, 0.2) is 35.2 Å². The summed E-state index contributed by atoms with van der Waals surface area (Å²) in [6.07, 6.45) is 1.15. The minimum absolute atomic E-state index is 0.158. The summed E-state index contributed by atoms with van der Waals surface area (Å²) >= 11 is 4.57. The Morgan fingerprint density at radius 2 is 1.85 bits per heavy atom. The van der Waals surface area contributed by atoms with E-state index in [9.17, 15) is 18.0 Å². The van der Waals surface area contributed by atoms with E-state index in [1.807, 2.05) is 6.92 Å². The van der Waals surface area contributed by atoms with Gasteiger partial charge in [0.1, 0.15) is 9.84 Å². The van der Waals surface area contributed by atoms with Gasteiger partial charge in [-0.1, -0.05) is 6.07 Å². The zero-order valence-electron chi connectivity index (χ0n) is 22.8. The summed E-state index contributed by atoms with van der Waals surface area (Å²) in [5, 5.41) is 2.92. The zero-order valence-corrected chi connectivity index (χ0v) is 24.5. The molecule has 2 aromatic rings. The van der Waals surface area contributed by atoms with Crippen molar-refractivity contribution in [3.63, 3.8) is 0 Å². The first-order chi connectivity index (χ1) is 18.5. The van der Waals surface area contributed by atoms with Crippen molar-refractivity contribution in [1.29, 1.82) is 0 Å². The third-order valence-electron chi connectivity index (χ3n) is 7.04. The minimum Gasteiger partial charge on any atom is -0.493 e. The summed E-state index contributed by atoms with van der Waals surface area (Å²) in [5.41, 5.74) is 1.99. The van der Waals surface area contributed by atoms with Gasteiger partial charge >= 0.3 is 0 Å². The number of sulfone groups is 1. The number of benzene rings is 2. The maximum Gasteiger partial charge on any atom is 0.257 e. The Morgan fingerprint density at radius 1 is 1.13 bits per heavy atom. The number of carbonyl (C=O) groups excluding carboxylic acids is 2. The van der Waals surface area contributed by atoms with Gasteiger partial charge < -0.3 is 24.6 Å². The predicted molar refractivity (Wildman–Crippen MR) is 153 cm³/mol. The van der Waals surface area contributed by atoms with Gasteiger partial charge in [0.15, 0.2) is 11.5 Å². The normalized spacial score (nSPS) is 17.2. The number of methoxy groups -OCH3 is 1. The molecule has 0 bridgehead atoms. The fourth-order valence-corrected chi connectivity index (χ4v) is 6.21. The van der Waals surface area contributed by atoms with Gasteiger partial charge in [-0.2, -0.15) is 0 Å². The van der Waals surface area contributed by atoms with Gasteiger partial charge in [0.2, 0.25) is 5.91 Å². The van der Waals surface area contributed by atoms with Crippen molar-refractivity contribution in [2.45, 2.75) is 24.4 Å². The summed E-state index contributed by atoms with van der Waals surface area (Å²) in [6.45, 7) is 5.99. The molecule has 0 aromatic heterocycles. The standard InChI is InChI=1S/C27H36N4O6S2/c1-5-37-23-14-18(6-8-22(23)36-3)21(17-39(4,34)35)31-15-19-24(38)9-7-20(26(19)27(31)33)28-25(32)16-30-12-10-29(2)11-13-30/h6-9,14,21,38H,5,10-13,15-17H2,1-4H3,(H,28,32). The van der Waals surface area contributed by atoms with Crippen molar-refractivity contribution in [3.05, 3.63) is 47.0 Å². The van der Waals surface area contributed by atoms with E-state index in [0.717, 1.165) is 32.4 Å². The molecule has 1 fully saturated rings. The number of hydrogen-bond donors (Lipinski definition) is 2. The number of likely N-dealkylation sites (N-methyl/N-ethyl adjacent to an activating group) is 1. The Balaban J connectivity index is 1.63. The van der Waals surface area contributed by atoms with Gasteiger partial charge in [-0.05, 0) is 49.4 Å². The van der Waals surface area contributed by atoms with Crippen LogP contribution < -0.4 is 14.8 Å². The second-order valence-electron chi connectivity index (χ2n) is 10.00. The van der Waals surface area contributed by atoms with Crippen molar-refractivity contribution in [2.75, 3.05) is 70.8 Å². The maximum atomic E-state index is 13.9. The van der Waals surface area contributed by atoms with Crippen LogP contribution in [-0.4, -0.2) is 100 Å². The molecule has 2 heterocycles. The van der Waals surface area contributed by atoms with E-state index in [1.54, 1.807) is 30.3 Å². The molecule has 0 spiro atoms. The monoisotopic (exact) mass is 576 g/mol. The number of thiol groups is 1. The van der Waals surface area contributed by atoms with Gasteiger partial charge in [0.25, 0.3) is 5.91 Å². The molecular weight excluding hydrogens is 540 g/mol. The summed E-state index contributed by atoms with van der Waals surface area (Å²) in [5.74, 6) is 0.129. The molecule has 212 valence electrons. The molecule has 1 atom stereocenters. The molecule has 4 rings (SSSR count). The number of ether oxygens (including phenoxy) is 2. The van der Waals surface area contributed by atoms with Crippen LogP contribution in [0.5, 0.6) is 11.5 Å². The van der Waals surface area contributed by atoms with Gasteiger partial charge in [-0.25, -0.2) is 8.42 Å². The number of nitrogens with zero attached hydrogens (tertiary/aromatic N) is 3. The van der Waals surface area contributed by atoms with Crippen LogP contribution in [0.1, 0.15) is 34.5 Å². The SMILES string of the molecule is CCOc1cc(C(CS(C)(=O)=O)N2Cc3c(S)ccc(NC(=O)CN4CCN(C)CC4)c3C2=O)ccc1OC. The number of fused-ring (bicyclic) bond motifs is 1. The lowest BCUT2D eigenvalue weighted by Crippen LogP contribution is -2.47. The highest BCUT2D eigenvalue weighted by Crippen LogP contribution is 2.40. The molecule has 2 aromatic carbocycles. The fraction of sp³-hybridized carbons (Fsp3) is 0.481. The van der Waals surface area contributed by atoms with Crippen LogP contribution in [0, 0.1) is 0 Å². The lowest BCUT2D eigenvalue weighted by atomic mass is 10.1. The van der Waals surface area contributed by atoms with Crippen molar-refractivity contribution in [1.82, 2.24) is 14.7 Å². The molecule has 2 aliphatic rings. The molecule has 1 unspecified atom stereocenters. The maximum absolute atomic E-state index is 13.9. The second-order valence-corrected chi connectivity index (χ2v) is 12.7. The molecule has 39 heavy (non-hydrogen) atoms. The molecule has 2 aliphatic heterocycles. The van der Waals surface area contributed by atoms with E-state index in [2.05, 4.69) is 34.8 Å². The van der Waals surface area contributed by atoms with Gasteiger partial charge in [-0.15, -0.1) is 12.6 Å². The first kappa shape index (κ1) is 29.2. The summed E-state index contributed by atoms with van der Waals surface area (Å²) in [7, 11) is 0.0971. The number of amides is 2. The van der Waals surface area contributed by atoms with Crippen LogP contribution in [0.4, 0.5) is 5.69 Å². The number of anilines is 1. The summed E-state index contributed by atoms with van der Waals surface area (Å²) in [6, 6.07) is 7.80. The molecule has 0 aliphatic carbocycles. The van der Waals surface area contributed by atoms with E-state index in [0.29, 0.717) is 45.4 Å². The quantitative estimate of drug-likeness (QED) is 0.415. The van der Waals surface area contributed by atoms with Crippen molar-refractivity contribution >= 4 is 40.0 Å². The van der Waals surface area contributed by atoms with E-state index in [-0.39, 0.29) is 30.7 Å². The lowest BCUT2D eigenvalue weighted by Gasteiger charge is -2.31. The topological polar surface area (TPSA) is 108 Å². The van der Waals surface area contributed by atoms with Crippen LogP contribution in [-0.2, 0) is 21.2 Å². The highest BCUT2D eigenvalue weighted by atomic mass is 32.2. The second kappa shape index (κ2) is 12.2. The molecule has 0 saturated carbocycles. The van der Waals surface area contributed by atoms with Crippen molar-refractivity contribution in [3.8, 4) is 11.5 Å². The van der Waals surface area contributed by atoms with Crippen molar-refractivity contribution < 1.29 is 27.5 Å². The minimum atomic E-state index is -3.48. The van der Waals surface area contributed by atoms with E-state index < -0.39 is 15.9 Å². The lowest BCUT2D eigenvalue weighted by molar-refractivity contribution is -0.117. The van der Waals surface area contributed by atoms with Crippen LogP contribution in [0.3, 0.4) is 0 Å². The van der Waals surface area contributed by atoms with E-state index in [1.165, 1.54) is 12.0 Å². The Kier molecular flexibility index (Phi) is 9.10. The fourth-order valence-electron chi connectivity index (χ4n) is 5.00. The van der Waals surface area contributed by atoms with E-state index >= 15 is 0 Å². The first-order valence-corrected chi connectivity index (χ1v) is 15.4. The Hall–Kier alpha value is -2.80. The first-order valence-electron chi connectivity index (χ1n) is 12.9. The molecule has 10 nitrogen and oxygen atoms in total. The molecule has 0 radical (unpaired) electrons. The highest BCUT2D eigenvalue weighted by Gasteiger charge is 2.38. The van der Waals surface area contributed by atoms with Crippen LogP contribution in [0.2, 0.25) is 0 Å². The van der Waals surface area contributed by atoms with Gasteiger partial charge in [-0.3, -0.25) is 14.5 Å². The Labute approximate surface area is 235 Å². The van der Waals surface area contributed by atoms with E-state index in [4.69, 9.17) is 9.47 Å². The van der Waals surface area contributed by atoms with Crippen molar-refractivity contribution in [2.24, 2.45) is 0 Å². The third kappa shape index (κ3) is 6.86. The average molecular weight is 577 g/mol. The Morgan fingerprint density at radius 3 is 2.49 bits per heavy atom. The molecule has 12 heteroatoms. The van der Waals surface area contributed by atoms with Gasteiger partial charge in [0, 0.05) is 43.9 Å². The summed E-state index contributed by atoms with van der Waals surface area (Å²) in [4.78, 5) is 33.2. The highest BCUT2D eigenvalue weighted by molar-refractivity contribution is 7.90. The van der Waals surface area contributed by atoms with Gasteiger partial charge in [0.05, 0.1) is 43.3 Å². The number of nitrogens with one attached hydrogen (secondary N) is 1. The molecular formula is C27H36N4O6S2. The third-order valence-corrected chi connectivity index (χ3v) is 8.38. The Bertz CT molecular complexity index is 1340. The average Bonchev–Trinajstić information content (AvgIpc) is 3.23. The smallest absolute Gasteiger partial charge is 0.257 e. The molecule has 1 saturated heterocycles. The number of piperazine rings is 1. The predicted octanol–water partition coefficient (Wildman–Crippen LogP) is 2.31.